The summed E-state index contributed by atoms with van der Waals surface area (Å²) in [5.41, 5.74) is 3.69. The molecule has 1 N–H and O–H groups in total. The van der Waals surface area contributed by atoms with Crippen LogP contribution in [0.2, 0.25) is 0 Å². The largest absolute Gasteiger partial charge is 0.307 e. The van der Waals surface area contributed by atoms with E-state index < -0.39 is 10.8 Å². The molecule has 4 unspecified atom stereocenters. The quantitative estimate of drug-likeness (QED) is 0.898. The molecule has 0 aromatic heterocycles. The van der Waals surface area contributed by atoms with Gasteiger partial charge in [-0.1, -0.05) is 39.8 Å². The lowest BCUT2D eigenvalue weighted by Crippen LogP contribution is -2.42. The highest BCUT2D eigenvalue weighted by Gasteiger charge is 2.38. The van der Waals surface area contributed by atoms with Gasteiger partial charge in [-0.3, -0.25) is 4.21 Å². The Morgan fingerprint density at radius 3 is 2.32 bits per heavy atom. The molecule has 0 radical (unpaired) electrons. The van der Waals surface area contributed by atoms with Gasteiger partial charge in [0.1, 0.15) is 0 Å². The average molecular weight is 279 g/mol. The normalized spacial score (nSPS) is 30.5. The predicted octanol–water partition coefficient (Wildman–Crippen LogP) is 3.49. The lowest BCUT2D eigenvalue weighted by molar-refractivity contribution is 0.341. The number of aryl methyl sites for hydroxylation is 2. The van der Waals surface area contributed by atoms with Crippen molar-refractivity contribution in [2.45, 2.75) is 63.8 Å². The highest BCUT2D eigenvalue weighted by atomic mass is 32.2. The van der Waals surface area contributed by atoms with Crippen LogP contribution in [0.3, 0.4) is 0 Å². The fourth-order valence-electron chi connectivity index (χ4n) is 2.97. The van der Waals surface area contributed by atoms with Crippen LogP contribution in [0.15, 0.2) is 17.0 Å². The Labute approximate surface area is 119 Å². The zero-order valence-corrected chi connectivity index (χ0v) is 13.6. The minimum absolute atomic E-state index is 0.198. The van der Waals surface area contributed by atoms with Crippen molar-refractivity contribution in [2.75, 3.05) is 0 Å². The van der Waals surface area contributed by atoms with E-state index in [9.17, 15) is 4.21 Å². The van der Waals surface area contributed by atoms with Gasteiger partial charge in [-0.2, -0.15) is 0 Å². The van der Waals surface area contributed by atoms with E-state index in [1.165, 1.54) is 11.1 Å². The van der Waals surface area contributed by atoms with Crippen LogP contribution in [0.1, 0.15) is 50.4 Å². The first-order valence-corrected chi connectivity index (χ1v) is 8.32. The molecule has 0 saturated carbocycles. The standard InChI is InChI=1S/C16H25NOS/c1-9(2)17-15-12(5)13(6)19(18)16-11(4)8-7-10(3)14(15)16/h7-9,12-13,15,17H,1-6H3. The molecule has 0 bridgehead atoms. The molecule has 1 aliphatic rings. The SMILES string of the molecule is Cc1ccc(C)c2c1C(NC(C)C)C(C)C(C)S2=O. The van der Waals surface area contributed by atoms with E-state index >= 15 is 0 Å². The minimum atomic E-state index is -0.887. The van der Waals surface area contributed by atoms with E-state index in [-0.39, 0.29) is 5.25 Å². The molecule has 19 heavy (non-hydrogen) atoms. The second-order valence-electron chi connectivity index (χ2n) is 6.10. The van der Waals surface area contributed by atoms with Gasteiger partial charge in [0.25, 0.3) is 0 Å². The molecule has 2 rings (SSSR count). The maximum atomic E-state index is 12.7. The summed E-state index contributed by atoms with van der Waals surface area (Å²) < 4.78 is 12.7. The van der Waals surface area contributed by atoms with E-state index in [2.05, 4.69) is 59.0 Å². The van der Waals surface area contributed by atoms with Crippen LogP contribution in [0.5, 0.6) is 0 Å². The Bertz CT molecular complexity index is 510. The number of hydrogen-bond acceptors (Lipinski definition) is 2. The van der Waals surface area contributed by atoms with Crippen LogP contribution in [0, 0.1) is 19.8 Å². The smallest absolute Gasteiger partial charge is 0.0567 e. The molecule has 3 heteroatoms. The van der Waals surface area contributed by atoms with Gasteiger partial charge in [0.15, 0.2) is 0 Å². The van der Waals surface area contributed by atoms with E-state index in [1.807, 2.05) is 0 Å². The van der Waals surface area contributed by atoms with Crippen molar-refractivity contribution in [3.63, 3.8) is 0 Å². The Morgan fingerprint density at radius 1 is 1.16 bits per heavy atom. The van der Waals surface area contributed by atoms with Crippen LogP contribution in [-0.4, -0.2) is 15.5 Å². The summed E-state index contributed by atoms with van der Waals surface area (Å²) in [5.74, 6) is 0.385. The summed E-state index contributed by atoms with van der Waals surface area (Å²) in [4.78, 5) is 1.07. The van der Waals surface area contributed by atoms with Gasteiger partial charge in [-0.05, 0) is 36.5 Å². The van der Waals surface area contributed by atoms with Crippen molar-refractivity contribution in [1.29, 1.82) is 0 Å². The summed E-state index contributed by atoms with van der Waals surface area (Å²) in [7, 11) is -0.887. The molecule has 0 amide bonds. The molecular formula is C16H25NOS. The van der Waals surface area contributed by atoms with Crippen molar-refractivity contribution in [3.8, 4) is 0 Å². The van der Waals surface area contributed by atoms with Crippen LogP contribution in [0.25, 0.3) is 0 Å². The lowest BCUT2D eigenvalue weighted by atomic mass is 9.87. The summed E-state index contributed by atoms with van der Waals surface area (Å²) in [5, 5.41) is 3.87. The van der Waals surface area contributed by atoms with E-state index in [1.54, 1.807) is 0 Å². The molecule has 1 aromatic carbocycles. The van der Waals surface area contributed by atoms with Crippen LogP contribution >= 0.6 is 0 Å². The molecule has 4 atom stereocenters. The highest BCUT2D eigenvalue weighted by Crippen LogP contribution is 2.41. The molecule has 1 aromatic rings. The molecule has 0 aliphatic carbocycles. The van der Waals surface area contributed by atoms with Crippen LogP contribution in [-0.2, 0) is 10.8 Å². The minimum Gasteiger partial charge on any atom is -0.307 e. The topological polar surface area (TPSA) is 29.1 Å². The summed E-state index contributed by atoms with van der Waals surface area (Å²) in [6.45, 7) is 12.9. The number of nitrogens with one attached hydrogen (secondary N) is 1. The van der Waals surface area contributed by atoms with Crippen molar-refractivity contribution in [1.82, 2.24) is 5.32 Å². The third kappa shape index (κ3) is 2.50. The van der Waals surface area contributed by atoms with E-state index in [0.717, 1.165) is 10.5 Å². The second kappa shape index (κ2) is 5.37. The molecule has 0 fully saturated rings. The molecule has 2 nitrogen and oxygen atoms in total. The van der Waals surface area contributed by atoms with Gasteiger partial charge in [0, 0.05) is 22.2 Å². The van der Waals surface area contributed by atoms with Crippen molar-refractivity contribution in [3.05, 3.63) is 28.8 Å². The zero-order valence-electron chi connectivity index (χ0n) is 12.8. The Balaban J connectivity index is 2.63. The number of fused-ring (bicyclic) bond motifs is 1. The zero-order chi connectivity index (χ0) is 14.3. The van der Waals surface area contributed by atoms with E-state index in [4.69, 9.17) is 0 Å². The third-order valence-electron chi connectivity index (χ3n) is 4.24. The van der Waals surface area contributed by atoms with Gasteiger partial charge < -0.3 is 5.32 Å². The number of rotatable bonds is 2. The van der Waals surface area contributed by atoms with Crippen molar-refractivity contribution < 1.29 is 4.21 Å². The lowest BCUT2D eigenvalue weighted by Gasteiger charge is -2.38. The molecule has 1 heterocycles. The summed E-state index contributed by atoms with van der Waals surface area (Å²) in [6, 6.07) is 4.99. The molecule has 1 aliphatic heterocycles. The molecular weight excluding hydrogens is 254 g/mol. The highest BCUT2D eigenvalue weighted by molar-refractivity contribution is 7.85. The summed E-state index contributed by atoms with van der Waals surface area (Å²) in [6.07, 6.45) is 0. The van der Waals surface area contributed by atoms with Gasteiger partial charge in [0.05, 0.1) is 10.8 Å². The first-order chi connectivity index (χ1) is 8.84. The van der Waals surface area contributed by atoms with Crippen LogP contribution < -0.4 is 5.32 Å². The van der Waals surface area contributed by atoms with Crippen molar-refractivity contribution in [2.24, 2.45) is 5.92 Å². The number of hydrogen-bond donors (Lipinski definition) is 1. The number of benzene rings is 1. The van der Waals surface area contributed by atoms with Crippen LogP contribution in [0.4, 0.5) is 0 Å². The van der Waals surface area contributed by atoms with Crippen molar-refractivity contribution >= 4 is 10.8 Å². The third-order valence-corrected chi connectivity index (χ3v) is 6.29. The van der Waals surface area contributed by atoms with Gasteiger partial charge in [-0.25, -0.2) is 0 Å². The Hall–Kier alpha value is -0.670. The first-order valence-electron chi connectivity index (χ1n) is 7.11. The maximum Gasteiger partial charge on any atom is 0.0567 e. The van der Waals surface area contributed by atoms with Gasteiger partial charge in [0.2, 0.25) is 0 Å². The predicted molar refractivity (Wildman–Crippen MR) is 82.0 cm³/mol. The second-order valence-corrected chi connectivity index (χ2v) is 7.85. The Kier molecular flexibility index (Phi) is 4.17. The fourth-order valence-corrected chi connectivity index (χ4v) is 4.78. The Morgan fingerprint density at radius 2 is 1.74 bits per heavy atom. The molecule has 0 spiro atoms. The van der Waals surface area contributed by atoms with Gasteiger partial charge in [-0.15, -0.1) is 0 Å². The first kappa shape index (κ1) is 14.7. The van der Waals surface area contributed by atoms with E-state index in [0.29, 0.717) is 18.0 Å². The molecule has 106 valence electrons. The average Bonchev–Trinajstić information content (AvgIpc) is 2.34. The summed E-state index contributed by atoms with van der Waals surface area (Å²) >= 11 is 0. The maximum absolute atomic E-state index is 12.7. The monoisotopic (exact) mass is 279 g/mol. The van der Waals surface area contributed by atoms with Gasteiger partial charge >= 0.3 is 0 Å². The molecule has 0 saturated heterocycles. The fraction of sp³-hybridized carbons (Fsp3) is 0.625.